The van der Waals surface area contributed by atoms with Gasteiger partial charge in [0.2, 0.25) is 0 Å². The monoisotopic (exact) mass is 431 g/mol. The Bertz CT molecular complexity index is 614. The first kappa shape index (κ1) is 24.0. The van der Waals surface area contributed by atoms with Crippen molar-refractivity contribution in [3.05, 3.63) is 60.7 Å². The molecule has 2 aromatic carbocycles. The molecule has 29 heavy (non-hydrogen) atoms. The van der Waals surface area contributed by atoms with Crippen molar-refractivity contribution in [2.24, 2.45) is 5.92 Å². The second kappa shape index (κ2) is 13.1. The van der Waals surface area contributed by atoms with Crippen LogP contribution in [-0.2, 0) is 17.7 Å². The van der Waals surface area contributed by atoms with Crippen LogP contribution in [0.3, 0.4) is 0 Å². The number of hydrogen-bond acceptors (Lipinski definition) is 4. The van der Waals surface area contributed by atoms with Gasteiger partial charge in [0.15, 0.2) is 0 Å². The van der Waals surface area contributed by atoms with E-state index in [0.717, 1.165) is 16.3 Å². The van der Waals surface area contributed by atoms with Crippen LogP contribution in [0.15, 0.2) is 60.7 Å². The van der Waals surface area contributed by atoms with Gasteiger partial charge >= 0.3 is 17.8 Å². The van der Waals surface area contributed by atoms with Crippen LogP contribution in [0.5, 0.6) is 0 Å². The van der Waals surface area contributed by atoms with E-state index in [1.165, 1.54) is 38.1 Å². The first-order valence-electron chi connectivity index (χ1n) is 10.3. The van der Waals surface area contributed by atoms with Gasteiger partial charge in [-0.15, -0.1) is 0 Å². The number of benzene rings is 2. The molecule has 0 heterocycles. The topological polar surface area (TPSA) is 36.9 Å². The predicted molar refractivity (Wildman–Crippen MR) is 123 cm³/mol. The van der Waals surface area contributed by atoms with Crippen molar-refractivity contribution >= 4 is 28.2 Å². The van der Waals surface area contributed by atoms with Crippen molar-refractivity contribution in [3.63, 3.8) is 0 Å². The van der Waals surface area contributed by atoms with Gasteiger partial charge in [0.05, 0.1) is 0 Å². The van der Waals surface area contributed by atoms with E-state index in [9.17, 15) is 0 Å². The average Bonchev–Trinajstić information content (AvgIpc) is 2.81. The molecule has 1 saturated carbocycles. The highest BCUT2D eigenvalue weighted by atomic mass is 28.4. The van der Waals surface area contributed by atoms with E-state index in [-0.39, 0.29) is 0 Å². The Morgan fingerprint density at radius 3 is 1.55 bits per heavy atom. The van der Waals surface area contributed by atoms with Crippen molar-refractivity contribution < 1.29 is 17.7 Å². The number of rotatable bonds is 8. The molecule has 1 aliphatic rings. The fraction of sp³-hybridized carbons (Fsp3) is 0.478. The first-order valence-corrected chi connectivity index (χ1v) is 13.7. The maximum atomic E-state index is 5.78. The zero-order chi connectivity index (χ0) is 21.0. The lowest BCUT2D eigenvalue weighted by molar-refractivity contribution is 0.259. The van der Waals surface area contributed by atoms with Gasteiger partial charge in [0.25, 0.3) is 0 Å². The van der Waals surface area contributed by atoms with Gasteiger partial charge in [-0.3, -0.25) is 0 Å². The van der Waals surface area contributed by atoms with Gasteiger partial charge in [-0.2, -0.15) is 0 Å². The molecule has 0 saturated heterocycles. The molecule has 1 radical (unpaired) electrons. The third-order valence-corrected chi connectivity index (χ3v) is 10.7. The Kier molecular flexibility index (Phi) is 10.8. The van der Waals surface area contributed by atoms with Gasteiger partial charge in [-0.25, -0.2) is 0 Å². The highest BCUT2D eigenvalue weighted by Gasteiger charge is 2.40. The van der Waals surface area contributed by atoms with Crippen molar-refractivity contribution in [2.75, 3.05) is 28.4 Å². The van der Waals surface area contributed by atoms with Crippen LogP contribution in [0.25, 0.3) is 0 Å². The van der Waals surface area contributed by atoms with Crippen molar-refractivity contribution in [1.82, 2.24) is 0 Å². The van der Waals surface area contributed by atoms with Crippen LogP contribution in [0.1, 0.15) is 32.1 Å². The summed E-state index contributed by atoms with van der Waals surface area (Å²) in [6, 6.07) is 21.5. The van der Waals surface area contributed by atoms with Crippen LogP contribution in [0.4, 0.5) is 0 Å². The van der Waals surface area contributed by atoms with E-state index in [1.54, 1.807) is 28.4 Å². The summed E-state index contributed by atoms with van der Waals surface area (Å²) in [5, 5.41) is 2.24. The van der Waals surface area contributed by atoms with E-state index >= 15 is 0 Å². The minimum Gasteiger partial charge on any atom is -0.397 e. The summed E-state index contributed by atoms with van der Waals surface area (Å²) in [7, 11) is 3.55. The lowest BCUT2D eigenvalue weighted by Gasteiger charge is -2.27. The van der Waals surface area contributed by atoms with Crippen LogP contribution < -0.4 is 10.4 Å². The van der Waals surface area contributed by atoms with Crippen LogP contribution in [0, 0.1) is 5.92 Å². The molecule has 0 aliphatic heterocycles. The molecule has 6 heteroatoms. The third-order valence-electron chi connectivity index (χ3n) is 5.52. The molecule has 0 amide bonds. The molecule has 0 atom stereocenters. The van der Waals surface area contributed by atoms with Crippen molar-refractivity contribution in [3.8, 4) is 0 Å². The molecule has 0 unspecified atom stereocenters. The summed E-state index contributed by atoms with van der Waals surface area (Å²) >= 11 is 0. The second-order valence-electron chi connectivity index (χ2n) is 7.25. The van der Waals surface area contributed by atoms with E-state index < -0.39 is 17.8 Å². The summed E-state index contributed by atoms with van der Waals surface area (Å²) < 4.78 is 22.1. The van der Waals surface area contributed by atoms with Gasteiger partial charge in [0, 0.05) is 28.4 Å². The Hall–Kier alpha value is -1.29. The fourth-order valence-electron chi connectivity index (χ4n) is 3.91. The highest BCUT2D eigenvalue weighted by molar-refractivity contribution is 6.92. The highest BCUT2D eigenvalue weighted by Crippen LogP contribution is 2.27. The second-order valence-corrected chi connectivity index (χ2v) is 12.4. The average molecular weight is 432 g/mol. The van der Waals surface area contributed by atoms with Crippen LogP contribution in [-0.4, -0.2) is 46.3 Å². The lowest BCUT2D eigenvalue weighted by atomic mass is 9.91. The Balaban J connectivity index is 0.000000221. The minimum atomic E-state index is -2.50. The van der Waals surface area contributed by atoms with Gasteiger partial charge in [-0.1, -0.05) is 92.8 Å². The van der Waals surface area contributed by atoms with Gasteiger partial charge < -0.3 is 17.7 Å². The summed E-state index contributed by atoms with van der Waals surface area (Å²) in [4.78, 5) is 0. The summed E-state index contributed by atoms with van der Waals surface area (Å²) in [6.07, 6.45) is 7.03. The molecule has 0 N–H and O–H groups in total. The molecule has 0 spiro atoms. The SMILES string of the molecule is CO[Si](CC1CCCCC1)OC.CO[Si](OC)(c1ccccc1)c1ccccc1. The quantitative estimate of drug-likeness (QED) is 0.594. The van der Waals surface area contributed by atoms with E-state index in [0.29, 0.717) is 0 Å². The standard InChI is InChI=1S/C14H16O2Si.C9H19O2Si/c1-15-17(16-2,13-9-5-3-6-10-13)14-11-7-4-8-12-14;1-10-12(11-2)8-9-6-4-3-5-7-9/h3-12H,1-2H3;9H,3-8H2,1-2H3. The van der Waals surface area contributed by atoms with E-state index in [2.05, 4.69) is 24.3 Å². The normalized spacial score (nSPS) is 15.1. The molecular weight excluding hydrogens is 396 g/mol. The zero-order valence-electron chi connectivity index (χ0n) is 18.2. The third kappa shape index (κ3) is 6.88. The molecule has 0 bridgehead atoms. The first-order chi connectivity index (χ1) is 14.2. The summed E-state index contributed by atoms with van der Waals surface area (Å²) in [5.41, 5.74) is 0. The maximum Gasteiger partial charge on any atom is 0.406 e. The van der Waals surface area contributed by atoms with E-state index in [4.69, 9.17) is 17.7 Å². The zero-order valence-corrected chi connectivity index (χ0v) is 20.2. The molecule has 1 fully saturated rings. The molecule has 1 aliphatic carbocycles. The Morgan fingerprint density at radius 1 is 0.724 bits per heavy atom. The van der Waals surface area contributed by atoms with Gasteiger partial charge in [-0.05, 0) is 22.3 Å². The minimum absolute atomic E-state index is 0.882. The van der Waals surface area contributed by atoms with Crippen molar-refractivity contribution in [2.45, 2.75) is 38.1 Å². The molecule has 3 rings (SSSR count). The van der Waals surface area contributed by atoms with Crippen molar-refractivity contribution in [1.29, 1.82) is 0 Å². The number of hydrogen-bond donors (Lipinski definition) is 0. The van der Waals surface area contributed by atoms with Gasteiger partial charge in [0.1, 0.15) is 0 Å². The fourth-order valence-corrected chi connectivity index (χ4v) is 8.00. The van der Waals surface area contributed by atoms with Crippen LogP contribution >= 0.6 is 0 Å². The molecule has 4 nitrogen and oxygen atoms in total. The largest absolute Gasteiger partial charge is 0.406 e. The lowest BCUT2D eigenvalue weighted by Crippen LogP contribution is -2.62. The Morgan fingerprint density at radius 2 is 1.17 bits per heavy atom. The predicted octanol–water partition coefficient (Wildman–Crippen LogP) is 3.88. The van der Waals surface area contributed by atoms with Crippen LogP contribution in [0.2, 0.25) is 6.04 Å². The smallest absolute Gasteiger partial charge is 0.397 e. The molecule has 2 aromatic rings. The molecule has 0 aromatic heterocycles. The summed E-state index contributed by atoms with van der Waals surface area (Å²) in [5.74, 6) is 0.882. The summed E-state index contributed by atoms with van der Waals surface area (Å²) in [6.45, 7) is 0. The van der Waals surface area contributed by atoms with E-state index in [1.807, 2.05) is 36.4 Å². The molecular formula is C23H35O4Si2. The Labute approximate surface area is 179 Å². The molecule has 159 valence electrons. The maximum absolute atomic E-state index is 5.78.